The maximum atomic E-state index is 12.6. The quantitative estimate of drug-likeness (QED) is 0.684. The number of hydrogen-bond donors (Lipinski definition) is 1. The molecule has 0 radical (unpaired) electrons. The first-order valence-electron chi connectivity index (χ1n) is 9.79. The van der Waals surface area contributed by atoms with Gasteiger partial charge < -0.3 is 24.1 Å². The molecule has 128 valence electrons. The molecule has 10 heteroatoms. The minimum absolute atomic E-state index is 0.0192. The molecular formula is C13H22N5O4P. The summed E-state index contributed by atoms with van der Waals surface area (Å²) >= 11 is 0. The molecule has 0 unspecified atom stereocenters. The van der Waals surface area contributed by atoms with Gasteiger partial charge in [-0.3, -0.25) is 4.57 Å². The molecule has 2 rings (SSSR count). The van der Waals surface area contributed by atoms with Crippen molar-refractivity contribution >= 4 is 24.6 Å². The van der Waals surface area contributed by atoms with Crippen LogP contribution < -0.4 is 5.73 Å². The summed E-state index contributed by atoms with van der Waals surface area (Å²) in [6.45, 7) is -3.30. The standard InChI is InChI=1S/C13H22N5O4P/c1-4-21-23(19,22-5-2)9-20-10(3)6-18-8-17-11-12(14)15-7-16-13(11)18/h7-8,10H,4-6,9H2,1-3H3,(H2,14,15,16)/t10-/m0/s1/i3D3,6D2,10D. The van der Waals surface area contributed by atoms with Crippen molar-refractivity contribution in [1.82, 2.24) is 19.5 Å². The van der Waals surface area contributed by atoms with Crippen molar-refractivity contribution in [2.45, 2.75) is 33.3 Å². The van der Waals surface area contributed by atoms with Gasteiger partial charge in [0.25, 0.3) is 0 Å². The van der Waals surface area contributed by atoms with Gasteiger partial charge in [0.2, 0.25) is 0 Å². The van der Waals surface area contributed by atoms with Crippen molar-refractivity contribution in [3.8, 4) is 0 Å². The number of hydrogen-bond acceptors (Lipinski definition) is 8. The van der Waals surface area contributed by atoms with E-state index < -0.39 is 33.4 Å². The molecule has 23 heavy (non-hydrogen) atoms. The van der Waals surface area contributed by atoms with Gasteiger partial charge in [-0.15, -0.1) is 0 Å². The lowest BCUT2D eigenvalue weighted by Crippen LogP contribution is -2.18. The molecule has 9 nitrogen and oxygen atoms in total. The summed E-state index contributed by atoms with van der Waals surface area (Å²) in [5.74, 6) is -0.0490. The number of fused-ring (bicyclic) bond motifs is 1. The van der Waals surface area contributed by atoms with Crippen molar-refractivity contribution in [3.63, 3.8) is 0 Å². The SMILES string of the molecule is [2H]C([2H])([2H])[C@]([2H])(OCP(=O)(OCC)OCC)C([2H])([2H])n1cnc2c(N)ncnc21. The van der Waals surface area contributed by atoms with Crippen molar-refractivity contribution in [2.24, 2.45) is 0 Å². The van der Waals surface area contributed by atoms with Gasteiger partial charge in [-0.05, 0) is 20.7 Å². The highest BCUT2D eigenvalue weighted by Gasteiger charge is 2.25. The van der Waals surface area contributed by atoms with Crippen molar-refractivity contribution < 1.29 is 26.6 Å². The van der Waals surface area contributed by atoms with Gasteiger partial charge in [0, 0.05) is 4.11 Å². The van der Waals surface area contributed by atoms with Crippen LogP contribution in [0.5, 0.6) is 0 Å². The summed E-state index contributed by atoms with van der Waals surface area (Å²) in [6.07, 6.45) is -2.18. The second-order valence-corrected chi connectivity index (χ2v) is 6.20. The number of imidazole rings is 1. The van der Waals surface area contributed by atoms with Crippen LogP contribution >= 0.6 is 7.60 Å². The number of nitrogens with two attached hydrogens (primary N) is 1. The van der Waals surface area contributed by atoms with Crippen LogP contribution in [0.1, 0.15) is 28.9 Å². The van der Waals surface area contributed by atoms with Crippen LogP contribution in [0, 0.1) is 0 Å². The summed E-state index contributed by atoms with van der Waals surface area (Å²) in [5.41, 5.74) is 5.57. The molecule has 1 atom stereocenters. The zero-order valence-corrected chi connectivity index (χ0v) is 13.6. The highest BCUT2D eigenvalue weighted by Crippen LogP contribution is 2.48. The molecule has 2 N–H and O–H groups in total. The van der Waals surface area contributed by atoms with E-state index >= 15 is 0 Å². The fourth-order valence-electron chi connectivity index (χ4n) is 1.73. The van der Waals surface area contributed by atoms with E-state index in [1.807, 2.05) is 0 Å². The Kier molecular flexibility index (Phi) is 3.78. The number of anilines is 1. The molecule has 0 aromatic carbocycles. The zero-order chi connectivity index (χ0) is 22.1. The Morgan fingerprint density at radius 3 is 2.83 bits per heavy atom. The van der Waals surface area contributed by atoms with E-state index in [1.165, 1.54) is 0 Å². The molecule has 0 aliphatic carbocycles. The van der Waals surface area contributed by atoms with Crippen molar-refractivity contribution in [1.29, 1.82) is 0 Å². The number of ether oxygens (including phenoxy) is 1. The monoisotopic (exact) mass is 349 g/mol. The Balaban J connectivity index is 2.52. The van der Waals surface area contributed by atoms with Crippen LogP contribution in [0.4, 0.5) is 5.82 Å². The molecule has 0 bridgehead atoms. The molecule has 0 aliphatic rings. The summed E-state index contributed by atoms with van der Waals surface area (Å²) in [6, 6.07) is 0. The van der Waals surface area contributed by atoms with Crippen LogP contribution in [0.3, 0.4) is 0 Å². The molecule has 0 saturated heterocycles. The minimum Gasteiger partial charge on any atom is -0.382 e. The lowest BCUT2D eigenvalue weighted by atomic mass is 10.4. The summed E-state index contributed by atoms with van der Waals surface area (Å²) in [7, 11) is -3.92. The predicted octanol–water partition coefficient (Wildman–Crippen LogP) is 2.04. The fourth-order valence-corrected chi connectivity index (χ4v) is 3.02. The summed E-state index contributed by atoms with van der Waals surface area (Å²) < 4.78 is 76.9. The van der Waals surface area contributed by atoms with E-state index in [0.29, 0.717) is 4.57 Å². The van der Waals surface area contributed by atoms with E-state index in [0.717, 1.165) is 12.7 Å². The van der Waals surface area contributed by atoms with Gasteiger partial charge in [0.15, 0.2) is 11.5 Å². The third-order valence-corrected chi connectivity index (χ3v) is 4.35. The third kappa shape index (κ3) is 4.48. The van der Waals surface area contributed by atoms with Gasteiger partial charge >= 0.3 is 7.60 Å². The van der Waals surface area contributed by atoms with Crippen LogP contribution in [0.15, 0.2) is 12.7 Å². The second kappa shape index (κ2) is 7.83. The fraction of sp³-hybridized carbons (Fsp3) is 0.615. The number of nitrogens with zero attached hydrogens (tertiary/aromatic N) is 4. The summed E-state index contributed by atoms with van der Waals surface area (Å²) in [4.78, 5) is 11.5. The first-order valence-corrected chi connectivity index (χ1v) is 8.52. The molecule has 0 amide bonds. The van der Waals surface area contributed by atoms with Crippen molar-refractivity contribution in [3.05, 3.63) is 12.7 Å². The Hall–Kier alpha value is -1.54. The average Bonchev–Trinajstić information content (AvgIpc) is 3.05. The molecule has 0 spiro atoms. The van der Waals surface area contributed by atoms with Crippen LogP contribution in [0.25, 0.3) is 11.2 Å². The first kappa shape index (κ1) is 11.1. The van der Waals surface area contributed by atoms with Crippen molar-refractivity contribution in [2.75, 3.05) is 25.3 Å². The van der Waals surface area contributed by atoms with Crippen LogP contribution in [0.2, 0.25) is 0 Å². The topological polar surface area (TPSA) is 114 Å². The minimum atomic E-state index is -3.92. The van der Waals surface area contributed by atoms with Gasteiger partial charge in [-0.1, -0.05) is 0 Å². The van der Waals surface area contributed by atoms with E-state index in [1.54, 1.807) is 13.8 Å². The molecule has 0 saturated carbocycles. The number of aromatic nitrogens is 4. The Morgan fingerprint density at radius 2 is 2.17 bits per heavy atom. The largest absolute Gasteiger partial charge is 0.382 e. The molecule has 2 aromatic rings. The second-order valence-electron chi connectivity index (χ2n) is 4.21. The summed E-state index contributed by atoms with van der Waals surface area (Å²) in [5, 5.41) is 0. The highest BCUT2D eigenvalue weighted by molar-refractivity contribution is 7.53. The van der Waals surface area contributed by atoms with Crippen LogP contribution in [-0.4, -0.2) is 45.2 Å². The van der Waals surface area contributed by atoms with E-state index in [-0.39, 0.29) is 30.2 Å². The maximum Gasteiger partial charge on any atom is 0.356 e. The molecule has 0 fully saturated rings. The molecular weight excluding hydrogens is 321 g/mol. The van der Waals surface area contributed by atoms with Gasteiger partial charge in [0.1, 0.15) is 18.2 Å². The van der Waals surface area contributed by atoms with Crippen LogP contribution in [-0.2, 0) is 24.8 Å². The molecule has 2 aromatic heterocycles. The van der Waals surface area contributed by atoms with Gasteiger partial charge in [-0.2, -0.15) is 0 Å². The average molecular weight is 349 g/mol. The maximum absolute atomic E-state index is 12.6. The Bertz CT molecular complexity index is 899. The Morgan fingerprint density at radius 1 is 1.43 bits per heavy atom. The first-order chi connectivity index (χ1) is 13.3. The third-order valence-electron chi connectivity index (χ3n) is 2.60. The molecule has 0 aliphatic heterocycles. The van der Waals surface area contributed by atoms with E-state index in [2.05, 4.69) is 15.0 Å². The smallest absolute Gasteiger partial charge is 0.356 e. The number of rotatable bonds is 9. The van der Waals surface area contributed by atoms with E-state index in [4.69, 9.17) is 27.7 Å². The van der Waals surface area contributed by atoms with Gasteiger partial charge in [-0.25, -0.2) is 15.0 Å². The lowest BCUT2D eigenvalue weighted by Gasteiger charge is -2.20. The predicted molar refractivity (Wildman–Crippen MR) is 86.0 cm³/mol. The zero-order valence-electron chi connectivity index (χ0n) is 18.7. The normalized spacial score (nSPS) is 19.9. The number of nitrogen functional groups attached to an aromatic ring is 1. The van der Waals surface area contributed by atoms with Gasteiger partial charge in [0.05, 0.1) is 36.2 Å². The highest BCUT2D eigenvalue weighted by atomic mass is 31.2. The lowest BCUT2D eigenvalue weighted by molar-refractivity contribution is 0.0672. The van der Waals surface area contributed by atoms with E-state index in [9.17, 15) is 4.57 Å². The Labute approximate surface area is 143 Å². The molecule has 2 heterocycles.